The third-order valence-electron chi connectivity index (χ3n) is 5.62. The Morgan fingerprint density at radius 3 is 2.89 bits per heavy atom. The van der Waals surface area contributed by atoms with Gasteiger partial charge in [-0.05, 0) is 43.4 Å². The molecule has 1 aromatic carbocycles. The molecule has 1 aliphatic rings. The molecule has 0 saturated carbocycles. The minimum atomic E-state index is 0.628. The number of para-hydroxylation sites is 1. The number of H-pyrrole nitrogens is 2. The van der Waals surface area contributed by atoms with E-state index in [1.165, 1.54) is 35.9 Å². The van der Waals surface area contributed by atoms with Gasteiger partial charge in [0.25, 0.3) is 0 Å². The largest absolute Gasteiger partial charge is 0.361 e. The van der Waals surface area contributed by atoms with Crippen molar-refractivity contribution in [1.82, 2.24) is 29.8 Å². The van der Waals surface area contributed by atoms with E-state index in [1.54, 1.807) is 12.4 Å². The van der Waals surface area contributed by atoms with Gasteiger partial charge in [-0.25, -0.2) is 9.97 Å². The predicted molar refractivity (Wildman–Crippen MR) is 110 cm³/mol. The van der Waals surface area contributed by atoms with Crippen LogP contribution in [0.15, 0.2) is 55.2 Å². The number of benzene rings is 1. The van der Waals surface area contributed by atoms with E-state index in [0.717, 1.165) is 36.7 Å². The second-order valence-electron chi connectivity index (χ2n) is 7.64. The minimum Gasteiger partial charge on any atom is -0.361 e. The molecule has 0 spiro atoms. The molecule has 4 aromatic rings. The lowest BCUT2D eigenvalue weighted by Crippen LogP contribution is -2.35. The summed E-state index contributed by atoms with van der Waals surface area (Å²) in [6.07, 6.45) is 12.9. The highest BCUT2D eigenvalue weighted by Gasteiger charge is 2.21. The number of hydrogen-bond acceptors (Lipinski definition) is 4. The van der Waals surface area contributed by atoms with Crippen LogP contribution in [0.2, 0.25) is 0 Å². The van der Waals surface area contributed by atoms with Crippen LogP contribution in [-0.4, -0.2) is 42.9 Å². The molecule has 1 fully saturated rings. The van der Waals surface area contributed by atoms with Crippen molar-refractivity contribution in [3.8, 4) is 11.5 Å². The van der Waals surface area contributed by atoms with Crippen LogP contribution in [0.3, 0.4) is 0 Å². The molecule has 3 aromatic heterocycles. The summed E-state index contributed by atoms with van der Waals surface area (Å²) in [4.78, 5) is 22.4. The SMILES string of the molecule is c1ccc2c(CN3CCC[C@@H](Cc4cnc(-c5ncc[nH]5)cn4)C3)c[nH]c2c1. The molecule has 142 valence electrons. The summed E-state index contributed by atoms with van der Waals surface area (Å²) in [5.41, 5.74) is 4.46. The summed E-state index contributed by atoms with van der Waals surface area (Å²) in [5.74, 6) is 1.39. The maximum Gasteiger partial charge on any atom is 0.157 e. The third-order valence-corrected chi connectivity index (χ3v) is 5.62. The van der Waals surface area contributed by atoms with E-state index in [9.17, 15) is 0 Å². The number of imidazole rings is 1. The quantitative estimate of drug-likeness (QED) is 0.559. The summed E-state index contributed by atoms with van der Waals surface area (Å²) in [6, 6.07) is 8.54. The number of nitrogens with zero attached hydrogens (tertiary/aromatic N) is 4. The van der Waals surface area contributed by atoms with E-state index in [2.05, 4.69) is 60.3 Å². The lowest BCUT2D eigenvalue weighted by atomic mass is 9.93. The first-order valence-corrected chi connectivity index (χ1v) is 9.93. The van der Waals surface area contributed by atoms with Gasteiger partial charge in [-0.15, -0.1) is 0 Å². The molecule has 0 unspecified atom stereocenters. The van der Waals surface area contributed by atoms with Crippen molar-refractivity contribution in [2.24, 2.45) is 5.92 Å². The predicted octanol–water partition coefficient (Wildman–Crippen LogP) is 3.80. The molecule has 6 nitrogen and oxygen atoms in total. The van der Waals surface area contributed by atoms with Crippen molar-refractivity contribution in [1.29, 1.82) is 0 Å². The highest BCUT2D eigenvalue weighted by molar-refractivity contribution is 5.82. The van der Waals surface area contributed by atoms with Crippen molar-refractivity contribution >= 4 is 10.9 Å². The zero-order chi connectivity index (χ0) is 18.8. The van der Waals surface area contributed by atoms with Crippen LogP contribution in [0.25, 0.3) is 22.4 Å². The van der Waals surface area contributed by atoms with Crippen LogP contribution in [0, 0.1) is 5.92 Å². The molecule has 28 heavy (non-hydrogen) atoms. The van der Waals surface area contributed by atoms with Crippen LogP contribution in [0.4, 0.5) is 0 Å². The molecular weight excluding hydrogens is 348 g/mol. The first-order valence-electron chi connectivity index (χ1n) is 9.93. The number of aromatic amines is 2. The third kappa shape index (κ3) is 3.55. The van der Waals surface area contributed by atoms with Crippen molar-refractivity contribution in [3.63, 3.8) is 0 Å². The maximum absolute atomic E-state index is 4.62. The van der Waals surface area contributed by atoms with E-state index in [-0.39, 0.29) is 0 Å². The first-order chi connectivity index (χ1) is 13.8. The summed E-state index contributed by atoms with van der Waals surface area (Å²) in [7, 11) is 0. The average Bonchev–Trinajstić information content (AvgIpc) is 3.40. The maximum atomic E-state index is 4.62. The number of fused-ring (bicyclic) bond motifs is 1. The molecule has 1 aliphatic heterocycles. The van der Waals surface area contributed by atoms with Crippen molar-refractivity contribution in [3.05, 3.63) is 66.5 Å². The highest BCUT2D eigenvalue weighted by atomic mass is 15.1. The fraction of sp³-hybridized carbons (Fsp3) is 0.318. The average molecular weight is 372 g/mol. The molecule has 6 heteroatoms. The Morgan fingerprint density at radius 1 is 1.07 bits per heavy atom. The van der Waals surface area contributed by atoms with Crippen LogP contribution in [-0.2, 0) is 13.0 Å². The van der Waals surface area contributed by atoms with E-state index < -0.39 is 0 Å². The van der Waals surface area contributed by atoms with E-state index >= 15 is 0 Å². The van der Waals surface area contributed by atoms with Crippen LogP contribution in [0.1, 0.15) is 24.1 Å². The summed E-state index contributed by atoms with van der Waals surface area (Å²) in [5, 5.41) is 1.34. The number of piperidine rings is 1. The topological polar surface area (TPSA) is 73.5 Å². The number of hydrogen-bond donors (Lipinski definition) is 2. The number of likely N-dealkylation sites (tertiary alicyclic amines) is 1. The van der Waals surface area contributed by atoms with Gasteiger partial charge >= 0.3 is 0 Å². The molecule has 0 amide bonds. The summed E-state index contributed by atoms with van der Waals surface area (Å²) < 4.78 is 0. The van der Waals surface area contributed by atoms with Crippen LogP contribution < -0.4 is 0 Å². The second kappa shape index (κ2) is 7.56. The van der Waals surface area contributed by atoms with Crippen LogP contribution >= 0.6 is 0 Å². The smallest absolute Gasteiger partial charge is 0.157 e. The zero-order valence-electron chi connectivity index (χ0n) is 15.8. The molecule has 1 saturated heterocycles. The van der Waals surface area contributed by atoms with Gasteiger partial charge < -0.3 is 9.97 Å². The Bertz CT molecular complexity index is 1030. The van der Waals surface area contributed by atoms with Gasteiger partial charge in [0.1, 0.15) is 5.69 Å². The number of aromatic nitrogens is 5. The molecule has 0 radical (unpaired) electrons. The fourth-order valence-electron chi connectivity index (χ4n) is 4.25. The molecule has 5 rings (SSSR count). The first kappa shape index (κ1) is 17.1. The fourth-order valence-corrected chi connectivity index (χ4v) is 4.25. The molecule has 2 N–H and O–H groups in total. The van der Waals surface area contributed by atoms with Crippen molar-refractivity contribution < 1.29 is 0 Å². The number of rotatable bonds is 5. The lowest BCUT2D eigenvalue weighted by Gasteiger charge is -2.32. The molecule has 0 aliphatic carbocycles. The van der Waals surface area contributed by atoms with Gasteiger partial charge in [0.05, 0.1) is 11.9 Å². The van der Waals surface area contributed by atoms with E-state index in [4.69, 9.17) is 0 Å². The number of nitrogens with one attached hydrogen (secondary N) is 2. The van der Waals surface area contributed by atoms with Crippen molar-refractivity contribution in [2.45, 2.75) is 25.8 Å². The van der Waals surface area contributed by atoms with Gasteiger partial charge in [0.2, 0.25) is 0 Å². The van der Waals surface area contributed by atoms with E-state index in [0.29, 0.717) is 5.92 Å². The standard InChI is InChI=1S/C22H24N6/c1-2-6-20-19(5-1)17(11-26-20)15-28-9-3-4-16(14-28)10-18-12-27-21(13-25-18)22-23-7-8-24-22/h1-2,5-8,11-13,16,26H,3-4,9-10,14-15H2,(H,23,24)/t16-/m0/s1. The summed E-state index contributed by atoms with van der Waals surface area (Å²) >= 11 is 0. The normalized spacial score (nSPS) is 17.9. The highest BCUT2D eigenvalue weighted by Crippen LogP contribution is 2.24. The monoisotopic (exact) mass is 372 g/mol. The van der Waals surface area contributed by atoms with Crippen molar-refractivity contribution in [2.75, 3.05) is 13.1 Å². The van der Waals surface area contributed by atoms with Gasteiger partial charge in [-0.3, -0.25) is 9.88 Å². The molecular formula is C22H24N6. The summed E-state index contributed by atoms with van der Waals surface area (Å²) in [6.45, 7) is 3.28. The van der Waals surface area contributed by atoms with Gasteiger partial charge in [-0.1, -0.05) is 18.2 Å². The lowest BCUT2D eigenvalue weighted by molar-refractivity contribution is 0.167. The van der Waals surface area contributed by atoms with Gasteiger partial charge in [0, 0.05) is 48.8 Å². The Labute approximate surface area is 164 Å². The van der Waals surface area contributed by atoms with Gasteiger partial charge in [-0.2, -0.15) is 0 Å². The van der Waals surface area contributed by atoms with Crippen LogP contribution in [0.5, 0.6) is 0 Å². The minimum absolute atomic E-state index is 0.628. The Morgan fingerprint density at radius 2 is 2.04 bits per heavy atom. The van der Waals surface area contributed by atoms with Gasteiger partial charge in [0.15, 0.2) is 5.82 Å². The molecule has 1 atom stereocenters. The molecule has 4 heterocycles. The Hall–Kier alpha value is -2.99. The second-order valence-corrected chi connectivity index (χ2v) is 7.64. The molecule has 0 bridgehead atoms. The Kier molecular flexibility index (Phi) is 4.62. The van der Waals surface area contributed by atoms with E-state index in [1.807, 2.05) is 12.4 Å². The zero-order valence-corrected chi connectivity index (χ0v) is 15.8. The Balaban J connectivity index is 1.23.